The molecule has 2 fully saturated rings. The molecule has 0 bridgehead atoms. The predicted octanol–water partition coefficient (Wildman–Crippen LogP) is 3.03. The highest BCUT2D eigenvalue weighted by molar-refractivity contribution is 5.80. The summed E-state index contributed by atoms with van der Waals surface area (Å²) in [5.41, 5.74) is 1.29. The Labute approximate surface area is 144 Å². The van der Waals surface area contributed by atoms with Gasteiger partial charge in [0.1, 0.15) is 0 Å². The quantitative estimate of drug-likeness (QED) is 0.872. The Hall–Kier alpha value is -1.75. The molecular weight excluding hydrogens is 302 g/mol. The number of rotatable bonds is 5. The average molecular weight is 330 g/mol. The van der Waals surface area contributed by atoms with Gasteiger partial charge in [-0.15, -0.1) is 0 Å². The first-order valence-corrected chi connectivity index (χ1v) is 9.00. The van der Waals surface area contributed by atoms with E-state index in [1.165, 1.54) is 18.5 Å². The number of hydrogen-bond acceptors (Lipinski definition) is 3. The van der Waals surface area contributed by atoms with Crippen LogP contribution in [0.25, 0.3) is 0 Å². The zero-order valence-corrected chi connectivity index (χ0v) is 14.7. The Morgan fingerprint density at radius 2 is 1.88 bits per heavy atom. The van der Waals surface area contributed by atoms with Crippen molar-refractivity contribution in [2.45, 2.75) is 45.1 Å². The predicted molar refractivity (Wildman–Crippen MR) is 95.6 cm³/mol. The molecule has 0 spiro atoms. The third kappa shape index (κ3) is 4.01. The van der Waals surface area contributed by atoms with E-state index in [0.717, 1.165) is 31.8 Å². The molecule has 1 aromatic carbocycles. The molecule has 1 heterocycles. The van der Waals surface area contributed by atoms with Crippen molar-refractivity contribution in [2.75, 3.05) is 24.6 Å². The van der Waals surface area contributed by atoms with Gasteiger partial charge in [-0.1, -0.05) is 6.92 Å². The summed E-state index contributed by atoms with van der Waals surface area (Å²) in [5, 5.41) is 16.5. The van der Waals surface area contributed by atoms with E-state index < -0.39 is 5.54 Å². The Bertz CT molecular complexity index is 562. The Balaban J connectivity index is 1.55. The maximum Gasteiger partial charge on any atom is 0.341 e. The molecule has 131 valence electrons. The zero-order valence-electron chi connectivity index (χ0n) is 14.7. The first-order chi connectivity index (χ1) is 11.5. The summed E-state index contributed by atoms with van der Waals surface area (Å²) >= 11 is 0. The van der Waals surface area contributed by atoms with Gasteiger partial charge in [-0.2, -0.15) is 5.32 Å². The fraction of sp³-hybridized carbons (Fsp3) is 0.632. The molecule has 24 heavy (non-hydrogen) atoms. The Kier molecular flexibility index (Phi) is 4.99. The first-order valence-electron chi connectivity index (χ1n) is 9.00. The van der Waals surface area contributed by atoms with Crippen LogP contribution in [0.3, 0.4) is 0 Å². The van der Waals surface area contributed by atoms with Gasteiger partial charge in [-0.25, -0.2) is 4.79 Å². The maximum absolute atomic E-state index is 12.1. The second-order valence-corrected chi connectivity index (χ2v) is 7.58. The van der Waals surface area contributed by atoms with E-state index in [2.05, 4.69) is 22.5 Å². The van der Waals surface area contributed by atoms with Gasteiger partial charge in [-0.3, -0.25) is 0 Å². The molecule has 1 radical (unpaired) electrons. The highest BCUT2D eigenvalue weighted by Crippen LogP contribution is 2.39. The number of benzene rings is 1. The minimum atomic E-state index is -0.551. The number of piperidine rings is 1. The minimum absolute atomic E-state index is 0.0504. The second kappa shape index (κ2) is 7.01. The van der Waals surface area contributed by atoms with E-state index in [1.54, 1.807) is 0 Å². The lowest BCUT2D eigenvalue weighted by Crippen LogP contribution is -2.52. The molecule has 5 nitrogen and oxygen atoms in total. The van der Waals surface area contributed by atoms with Crippen molar-refractivity contribution in [1.29, 1.82) is 0 Å². The molecule has 0 aromatic heterocycles. The van der Waals surface area contributed by atoms with Crippen LogP contribution in [0.4, 0.5) is 16.2 Å². The van der Waals surface area contributed by atoms with Gasteiger partial charge >= 0.3 is 6.03 Å². The number of hydrogen-bond donors (Lipinski definition) is 2. The molecule has 3 rings (SSSR count). The highest BCUT2D eigenvalue weighted by atomic mass is 16.3. The Morgan fingerprint density at radius 3 is 2.42 bits per heavy atom. The van der Waals surface area contributed by atoms with Gasteiger partial charge in [0, 0.05) is 18.8 Å². The van der Waals surface area contributed by atoms with Crippen molar-refractivity contribution in [3.8, 4) is 0 Å². The third-order valence-electron chi connectivity index (χ3n) is 5.43. The van der Waals surface area contributed by atoms with Crippen LogP contribution >= 0.6 is 0 Å². The van der Waals surface area contributed by atoms with E-state index in [4.69, 9.17) is 0 Å². The summed E-state index contributed by atoms with van der Waals surface area (Å²) in [6, 6.07) is 7.47. The molecule has 1 saturated carbocycles. The van der Waals surface area contributed by atoms with Crippen LogP contribution in [-0.4, -0.2) is 36.4 Å². The number of carbonyl (C=O) groups is 1. The number of amides is 2. The van der Waals surface area contributed by atoms with Gasteiger partial charge in [0.25, 0.3) is 0 Å². The molecule has 1 unspecified atom stereocenters. The van der Waals surface area contributed by atoms with E-state index in [-0.39, 0.29) is 12.6 Å². The maximum atomic E-state index is 12.1. The van der Waals surface area contributed by atoms with Crippen LogP contribution in [-0.2, 0) is 0 Å². The van der Waals surface area contributed by atoms with Crippen LogP contribution in [0.2, 0.25) is 0 Å². The largest absolute Gasteiger partial charge is 0.394 e. The number of anilines is 1. The monoisotopic (exact) mass is 330 g/mol. The minimum Gasteiger partial charge on any atom is -0.394 e. The van der Waals surface area contributed by atoms with E-state index in [9.17, 15) is 9.90 Å². The van der Waals surface area contributed by atoms with Crippen molar-refractivity contribution >= 4 is 17.4 Å². The van der Waals surface area contributed by atoms with Gasteiger partial charge in [0.15, 0.2) is 0 Å². The van der Waals surface area contributed by atoms with Crippen LogP contribution in [0.5, 0.6) is 0 Å². The number of aliphatic hydroxyl groups excluding tert-OH is 1. The second-order valence-electron chi connectivity index (χ2n) is 7.58. The number of nitrogens with zero attached hydrogens (tertiary/aromatic N) is 2. The number of nitrogens with one attached hydrogen (secondary N) is 1. The van der Waals surface area contributed by atoms with Crippen molar-refractivity contribution in [2.24, 2.45) is 11.8 Å². The summed E-state index contributed by atoms with van der Waals surface area (Å²) < 4.78 is 0. The molecule has 2 N–H and O–H groups in total. The van der Waals surface area contributed by atoms with Gasteiger partial charge in [0.05, 0.1) is 17.8 Å². The van der Waals surface area contributed by atoms with Gasteiger partial charge in [0.2, 0.25) is 0 Å². The van der Waals surface area contributed by atoms with Crippen molar-refractivity contribution in [3.05, 3.63) is 24.3 Å². The molecule has 1 atom stereocenters. The van der Waals surface area contributed by atoms with E-state index in [1.807, 2.05) is 31.2 Å². The average Bonchev–Trinajstić information content (AvgIpc) is 3.41. The molecule has 5 heteroatoms. The van der Waals surface area contributed by atoms with Crippen LogP contribution < -0.4 is 15.5 Å². The lowest BCUT2D eigenvalue weighted by atomic mass is 9.97. The van der Waals surface area contributed by atoms with E-state index in [0.29, 0.717) is 11.6 Å². The van der Waals surface area contributed by atoms with Crippen LogP contribution in [0, 0.1) is 11.8 Å². The molecule has 1 aliphatic carbocycles. The fourth-order valence-corrected chi connectivity index (χ4v) is 3.39. The fourth-order valence-electron chi connectivity index (χ4n) is 3.39. The Morgan fingerprint density at radius 1 is 1.25 bits per heavy atom. The topological polar surface area (TPSA) is 66.7 Å². The first kappa shape index (κ1) is 17.1. The smallest absolute Gasteiger partial charge is 0.341 e. The number of carbonyl (C=O) groups excluding carboxylic acids is 1. The lowest BCUT2D eigenvalue weighted by molar-refractivity contribution is 0.156. The summed E-state index contributed by atoms with van der Waals surface area (Å²) in [4.78, 5) is 14.5. The number of aliphatic hydroxyl groups is 1. The molecule has 2 aliphatic rings. The van der Waals surface area contributed by atoms with Gasteiger partial charge < -0.3 is 15.3 Å². The third-order valence-corrected chi connectivity index (χ3v) is 5.43. The van der Waals surface area contributed by atoms with Gasteiger partial charge in [-0.05, 0) is 68.7 Å². The molecule has 1 aromatic rings. The molecular formula is C19H28N3O2. The van der Waals surface area contributed by atoms with Crippen molar-refractivity contribution in [1.82, 2.24) is 10.6 Å². The lowest BCUT2D eigenvalue weighted by Gasteiger charge is -2.32. The van der Waals surface area contributed by atoms with Crippen LogP contribution in [0.1, 0.15) is 39.5 Å². The van der Waals surface area contributed by atoms with Crippen molar-refractivity contribution < 1.29 is 9.90 Å². The molecule has 2 amide bonds. The summed E-state index contributed by atoms with van der Waals surface area (Å²) in [6.45, 7) is 6.33. The van der Waals surface area contributed by atoms with Crippen LogP contribution in [0.15, 0.2) is 24.3 Å². The summed E-state index contributed by atoms with van der Waals surface area (Å²) in [7, 11) is 0. The SMILES string of the molecule is CC1CCN(c2ccc([N]C(=O)NC(C)(CO)C3CC3)cc2)CC1. The standard InChI is InChI=1S/C19H28N3O2/c1-14-9-11-22(12-10-14)17-7-5-16(6-8-17)20-18(24)21-19(2,13-23)15-3-4-15/h5-8,14-15,23H,3-4,9-13H2,1-2H3,(H,21,24). The normalized spacial score (nSPS) is 21.2. The highest BCUT2D eigenvalue weighted by Gasteiger charge is 2.42. The molecule has 1 aliphatic heterocycles. The van der Waals surface area contributed by atoms with E-state index >= 15 is 0 Å². The molecule has 1 saturated heterocycles. The summed E-state index contributed by atoms with van der Waals surface area (Å²) in [6.07, 6.45) is 4.58. The zero-order chi connectivity index (χ0) is 17.2. The number of urea groups is 1. The van der Waals surface area contributed by atoms with Crippen molar-refractivity contribution in [3.63, 3.8) is 0 Å². The summed E-state index contributed by atoms with van der Waals surface area (Å²) in [5.74, 6) is 1.18.